The lowest BCUT2D eigenvalue weighted by atomic mass is 9.69. The molecular formula is C11H18N2O2. The molecule has 3 rings (SSSR count). The van der Waals surface area contributed by atoms with Crippen LogP contribution < -0.4 is 10.6 Å². The Hall–Kier alpha value is -0.610. The van der Waals surface area contributed by atoms with Crippen LogP contribution in [0.1, 0.15) is 25.7 Å². The van der Waals surface area contributed by atoms with E-state index < -0.39 is 5.97 Å². The van der Waals surface area contributed by atoms with Gasteiger partial charge in [-0.15, -0.1) is 0 Å². The molecule has 3 heterocycles. The van der Waals surface area contributed by atoms with Gasteiger partial charge in [-0.1, -0.05) is 0 Å². The smallest absolute Gasteiger partial charge is 0.308 e. The van der Waals surface area contributed by atoms with Crippen LogP contribution in [0.25, 0.3) is 0 Å². The van der Waals surface area contributed by atoms with E-state index in [1.54, 1.807) is 0 Å². The van der Waals surface area contributed by atoms with Crippen molar-refractivity contribution in [3.63, 3.8) is 0 Å². The van der Waals surface area contributed by atoms with Gasteiger partial charge in [-0.3, -0.25) is 4.79 Å². The monoisotopic (exact) mass is 210 g/mol. The topological polar surface area (TPSA) is 61.4 Å². The number of fused-ring (bicyclic) bond motifs is 2. The number of piperidine rings is 1. The fourth-order valence-electron chi connectivity index (χ4n) is 3.87. The summed E-state index contributed by atoms with van der Waals surface area (Å²) in [6.07, 6.45) is 4.57. The molecule has 0 radical (unpaired) electrons. The largest absolute Gasteiger partial charge is 0.481 e. The number of aliphatic carboxylic acids is 1. The Morgan fingerprint density at radius 3 is 2.53 bits per heavy atom. The molecule has 3 aliphatic heterocycles. The Labute approximate surface area is 89.4 Å². The number of hydrogen-bond donors (Lipinski definition) is 3. The molecule has 0 saturated carbocycles. The molecule has 3 fully saturated rings. The van der Waals surface area contributed by atoms with Crippen molar-refractivity contribution in [2.45, 2.75) is 37.8 Å². The van der Waals surface area contributed by atoms with Crippen LogP contribution in [0.15, 0.2) is 0 Å². The van der Waals surface area contributed by atoms with Crippen molar-refractivity contribution < 1.29 is 9.90 Å². The molecule has 0 amide bonds. The molecule has 3 aliphatic rings. The first-order valence-corrected chi connectivity index (χ1v) is 5.89. The molecule has 3 saturated heterocycles. The third-order valence-corrected chi connectivity index (χ3v) is 4.50. The molecule has 0 aliphatic carbocycles. The molecule has 0 aromatic rings. The van der Waals surface area contributed by atoms with Crippen LogP contribution >= 0.6 is 0 Å². The summed E-state index contributed by atoms with van der Waals surface area (Å²) in [6.45, 7) is 1.56. The summed E-state index contributed by atoms with van der Waals surface area (Å²) in [5.41, 5.74) is 0.0446. The second-order valence-corrected chi connectivity index (χ2v) is 5.43. The lowest BCUT2D eigenvalue weighted by Gasteiger charge is -2.40. The maximum atomic E-state index is 11.2. The minimum atomic E-state index is -0.610. The first kappa shape index (κ1) is 9.60. The van der Waals surface area contributed by atoms with E-state index in [1.165, 1.54) is 12.8 Å². The highest BCUT2D eigenvalue weighted by atomic mass is 16.4. The van der Waals surface area contributed by atoms with E-state index in [0.29, 0.717) is 18.6 Å². The van der Waals surface area contributed by atoms with E-state index in [9.17, 15) is 9.90 Å². The van der Waals surface area contributed by atoms with E-state index in [2.05, 4.69) is 10.6 Å². The van der Waals surface area contributed by atoms with E-state index in [4.69, 9.17) is 0 Å². The maximum Gasteiger partial charge on any atom is 0.308 e. The lowest BCUT2D eigenvalue weighted by molar-refractivity contribution is -0.145. The van der Waals surface area contributed by atoms with Crippen molar-refractivity contribution in [3.05, 3.63) is 0 Å². The van der Waals surface area contributed by atoms with Crippen LogP contribution in [0.4, 0.5) is 0 Å². The van der Waals surface area contributed by atoms with Gasteiger partial charge in [-0.25, -0.2) is 0 Å². The Kier molecular flexibility index (Phi) is 2.04. The van der Waals surface area contributed by atoms with Crippen molar-refractivity contribution in [2.75, 3.05) is 13.1 Å². The molecule has 3 N–H and O–H groups in total. The van der Waals surface area contributed by atoms with Gasteiger partial charge >= 0.3 is 5.97 Å². The first-order valence-electron chi connectivity index (χ1n) is 5.89. The van der Waals surface area contributed by atoms with Crippen molar-refractivity contribution in [2.24, 2.45) is 11.3 Å². The average molecular weight is 210 g/mol. The van der Waals surface area contributed by atoms with Crippen molar-refractivity contribution in [1.82, 2.24) is 10.6 Å². The molecule has 4 nitrogen and oxygen atoms in total. The standard InChI is InChI=1S/C11H18N2O2/c14-10(15)9-5-12-6-11(9)3-7-1-2-8(4-11)13-7/h7-9,12-13H,1-6H2,(H,14,15). The molecule has 0 aromatic carbocycles. The molecular weight excluding hydrogens is 192 g/mol. The van der Waals surface area contributed by atoms with Crippen LogP contribution in [-0.2, 0) is 4.79 Å². The highest BCUT2D eigenvalue weighted by molar-refractivity contribution is 5.72. The third kappa shape index (κ3) is 1.39. The number of carbonyl (C=O) groups is 1. The SMILES string of the molecule is O=C(O)C1CNCC12CC1CCC(C2)N1. The zero-order chi connectivity index (χ0) is 10.5. The summed E-state index contributed by atoms with van der Waals surface area (Å²) in [5, 5.41) is 16.1. The highest BCUT2D eigenvalue weighted by Crippen LogP contribution is 2.47. The van der Waals surface area contributed by atoms with E-state index in [0.717, 1.165) is 19.4 Å². The van der Waals surface area contributed by atoms with Crippen molar-refractivity contribution in [1.29, 1.82) is 0 Å². The van der Waals surface area contributed by atoms with E-state index in [1.807, 2.05) is 0 Å². The van der Waals surface area contributed by atoms with Crippen LogP contribution in [0.3, 0.4) is 0 Å². The summed E-state index contributed by atoms with van der Waals surface area (Å²) < 4.78 is 0. The molecule has 1 spiro atoms. The predicted molar refractivity (Wildman–Crippen MR) is 55.6 cm³/mol. The minimum Gasteiger partial charge on any atom is -0.481 e. The predicted octanol–water partition coefficient (Wildman–Crippen LogP) is 0.191. The Morgan fingerprint density at radius 1 is 1.27 bits per heavy atom. The summed E-state index contributed by atoms with van der Waals surface area (Å²) in [6, 6.07) is 1.15. The number of rotatable bonds is 1. The number of carboxylic acid groups (broad SMARTS) is 1. The third-order valence-electron chi connectivity index (χ3n) is 4.50. The van der Waals surface area contributed by atoms with Crippen molar-refractivity contribution >= 4 is 5.97 Å². The van der Waals surface area contributed by atoms with Gasteiger partial charge in [0.2, 0.25) is 0 Å². The Morgan fingerprint density at radius 2 is 1.93 bits per heavy atom. The highest BCUT2D eigenvalue weighted by Gasteiger charge is 2.52. The van der Waals surface area contributed by atoms with Crippen LogP contribution in [-0.4, -0.2) is 36.2 Å². The van der Waals surface area contributed by atoms with Crippen LogP contribution in [0.5, 0.6) is 0 Å². The zero-order valence-corrected chi connectivity index (χ0v) is 8.83. The normalized spacial score (nSPS) is 48.7. The molecule has 4 heteroatoms. The molecule has 3 atom stereocenters. The van der Waals surface area contributed by atoms with Gasteiger partial charge in [0.25, 0.3) is 0 Å². The van der Waals surface area contributed by atoms with E-state index in [-0.39, 0.29) is 11.3 Å². The number of nitrogens with one attached hydrogen (secondary N) is 2. The Balaban J connectivity index is 1.86. The van der Waals surface area contributed by atoms with Gasteiger partial charge in [-0.2, -0.15) is 0 Å². The molecule has 15 heavy (non-hydrogen) atoms. The van der Waals surface area contributed by atoms with Crippen LogP contribution in [0.2, 0.25) is 0 Å². The summed E-state index contributed by atoms with van der Waals surface area (Å²) in [4.78, 5) is 11.2. The average Bonchev–Trinajstić information content (AvgIpc) is 2.71. The van der Waals surface area contributed by atoms with Gasteiger partial charge in [0, 0.05) is 30.6 Å². The summed E-state index contributed by atoms with van der Waals surface area (Å²) >= 11 is 0. The van der Waals surface area contributed by atoms with Gasteiger partial charge in [0.1, 0.15) is 0 Å². The minimum absolute atomic E-state index is 0.0446. The fourth-order valence-corrected chi connectivity index (χ4v) is 3.87. The lowest BCUT2D eigenvalue weighted by Crippen LogP contribution is -2.49. The summed E-state index contributed by atoms with van der Waals surface area (Å²) in [7, 11) is 0. The first-order chi connectivity index (χ1) is 7.20. The zero-order valence-electron chi connectivity index (χ0n) is 8.83. The van der Waals surface area contributed by atoms with Gasteiger partial charge in [-0.05, 0) is 25.7 Å². The number of hydrogen-bond acceptors (Lipinski definition) is 3. The van der Waals surface area contributed by atoms with Crippen molar-refractivity contribution in [3.8, 4) is 0 Å². The molecule has 3 unspecified atom stereocenters. The number of carboxylic acids is 1. The second-order valence-electron chi connectivity index (χ2n) is 5.43. The maximum absolute atomic E-state index is 11.2. The molecule has 84 valence electrons. The van der Waals surface area contributed by atoms with Gasteiger partial charge in [0.15, 0.2) is 0 Å². The molecule has 0 aromatic heterocycles. The second kappa shape index (κ2) is 3.19. The van der Waals surface area contributed by atoms with E-state index >= 15 is 0 Å². The Bertz CT molecular complexity index is 280. The quantitative estimate of drug-likeness (QED) is 0.578. The fraction of sp³-hybridized carbons (Fsp3) is 0.909. The van der Waals surface area contributed by atoms with Gasteiger partial charge < -0.3 is 15.7 Å². The van der Waals surface area contributed by atoms with Gasteiger partial charge in [0.05, 0.1) is 5.92 Å². The summed E-state index contributed by atoms with van der Waals surface area (Å²) in [5.74, 6) is -0.774. The molecule has 2 bridgehead atoms. The van der Waals surface area contributed by atoms with Crippen LogP contribution in [0, 0.1) is 11.3 Å².